The van der Waals surface area contributed by atoms with Crippen LogP contribution in [0.25, 0.3) is 0 Å². The summed E-state index contributed by atoms with van der Waals surface area (Å²) in [5.41, 5.74) is 5.49. The monoisotopic (exact) mass is 298 g/mol. The third-order valence-electron chi connectivity index (χ3n) is 2.40. The molecular formula is C11H14N4O2S2. The van der Waals surface area contributed by atoms with Crippen molar-refractivity contribution in [2.75, 3.05) is 5.73 Å². The minimum atomic E-state index is -3.62. The Morgan fingerprint density at radius 2 is 2.16 bits per heavy atom. The first kappa shape index (κ1) is 13.9. The van der Waals surface area contributed by atoms with Gasteiger partial charge in [0.05, 0.1) is 10.9 Å². The molecule has 0 aliphatic rings. The van der Waals surface area contributed by atoms with Gasteiger partial charge in [0.15, 0.2) is 0 Å². The summed E-state index contributed by atoms with van der Waals surface area (Å²) in [5, 5.41) is 0.725. The number of hydrogen-bond acceptors (Lipinski definition) is 6. The molecule has 1 unspecified atom stereocenters. The molecule has 0 radical (unpaired) electrons. The van der Waals surface area contributed by atoms with Crippen LogP contribution in [-0.2, 0) is 10.0 Å². The van der Waals surface area contributed by atoms with Gasteiger partial charge in [-0.15, -0.1) is 11.3 Å². The van der Waals surface area contributed by atoms with Crippen LogP contribution < -0.4 is 10.5 Å². The van der Waals surface area contributed by atoms with Crippen molar-refractivity contribution < 1.29 is 8.42 Å². The van der Waals surface area contributed by atoms with Crippen LogP contribution >= 0.6 is 11.3 Å². The third kappa shape index (κ3) is 3.28. The normalized spacial score (nSPS) is 13.4. The highest BCUT2D eigenvalue weighted by Gasteiger charge is 2.20. The second-order valence-electron chi connectivity index (χ2n) is 4.07. The van der Waals surface area contributed by atoms with E-state index in [1.54, 1.807) is 13.1 Å². The molecule has 0 aliphatic carbocycles. The number of anilines is 1. The Kier molecular flexibility index (Phi) is 3.83. The molecule has 2 rings (SSSR count). The fourth-order valence-corrected chi connectivity index (χ4v) is 3.60. The molecule has 0 aromatic carbocycles. The molecule has 2 heterocycles. The molecule has 2 aromatic rings. The highest BCUT2D eigenvalue weighted by molar-refractivity contribution is 7.89. The number of pyridine rings is 1. The summed E-state index contributed by atoms with van der Waals surface area (Å²) in [5.74, 6) is 0.167. The van der Waals surface area contributed by atoms with Gasteiger partial charge in [-0.3, -0.25) is 0 Å². The van der Waals surface area contributed by atoms with Crippen molar-refractivity contribution in [1.29, 1.82) is 0 Å². The average Bonchev–Trinajstić information content (AvgIpc) is 2.75. The van der Waals surface area contributed by atoms with Crippen molar-refractivity contribution in [3.05, 3.63) is 34.4 Å². The van der Waals surface area contributed by atoms with Gasteiger partial charge in [-0.2, -0.15) is 0 Å². The van der Waals surface area contributed by atoms with Crippen molar-refractivity contribution in [3.63, 3.8) is 0 Å². The predicted octanol–water partition coefficient (Wildman–Crippen LogP) is 1.47. The summed E-state index contributed by atoms with van der Waals surface area (Å²) in [6.07, 6.45) is 3.08. The lowest BCUT2D eigenvalue weighted by Crippen LogP contribution is -2.27. The number of nitrogens with zero attached hydrogens (tertiary/aromatic N) is 2. The summed E-state index contributed by atoms with van der Waals surface area (Å²) in [7, 11) is -3.62. The van der Waals surface area contributed by atoms with E-state index < -0.39 is 16.1 Å². The second kappa shape index (κ2) is 5.24. The zero-order chi connectivity index (χ0) is 14.0. The Morgan fingerprint density at radius 3 is 2.74 bits per heavy atom. The van der Waals surface area contributed by atoms with Crippen molar-refractivity contribution in [3.8, 4) is 0 Å². The molecule has 0 saturated carbocycles. The van der Waals surface area contributed by atoms with Crippen LogP contribution in [-0.4, -0.2) is 18.4 Å². The zero-order valence-electron chi connectivity index (χ0n) is 10.5. The lowest BCUT2D eigenvalue weighted by atomic mass is 10.4. The van der Waals surface area contributed by atoms with Crippen LogP contribution in [0, 0.1) is 6.92 Å². The summed E-state index contributed by atoms with van der Waals surface area (Å²) in [4.78, 5) is 9.07. The van der Waals surface area contributed by atoms with Gasteiger partial charge in [0.1, 0.15) is 10.8 Å². The van der Waals surface area contributed by atoms with Crippen LogP contribution in [0.5, 0.6) is 0 Å². The zero-order valence-corrected chi connectivity index (χ0v) is 12.1. The van der Waals surface area contributed by atoms with Crippen LogP contribution in [0.3, 0.4) is 0 Å². The third-order valence-corrected chi connectivity index (χ3v) is 5.04. The molecule has 102 valence electrons. The van der Waals surface area contributed by atoms with Crippen molar-refractivity contribution >= 4 is 27.2 Å². The van der Waals surface area contributed by atoms with E-state index in [0.717, 1.165) is 9.88 Å². The molecule has 0 saturated heterocycles. The van der Waals surface area contributed by atoms with Crippen molar-refractivity contribution in [2.24, 2.45) is 0 Å². The number of sulfonamides is 1. The second-order valence-corrected chi connectivity index (χ2v) is 7.05. The Morgan fingerprint density at radius 1 is 1.42 bits per heavy atom. The molecule has 1 atom stereocenters. The average molecular weight is 298 g/mol. The number of aromatic nitrogens is 2. The first-order valence-corrected chi connectivity index (χ1v) is 7.84. The van der Waals surface area contributed by atoms with Crippen molar-refractivity contribution in [1.82, 2.24) is 14.7 Å². The van der Waals surface area contributed by atoms with Crippen LogP contribution in [0.4, 0.5) is 5.82 Å². The Hall–Kier alpha value is -1.51. The topological polar surface area (TPSA) is 98.0 Å². The largest absolute Gasteiger partial charge is 0.384 e. The number of nitrogens with one attached hydrogen (secondary N) is 1. The van der Waals surface area contributed by atoms with Gasteiger partial charge in [0.25, 0.3) is 0 Å². The van der Waals surface area contributed by atoms with E-state index in [2.05, 4.69) is 14.7 Å². The summed E-state index contributed by atoms with van der Waals surface area (Å²) in [6.45, 7) is 3.67. The minimum absolute atomic E-state index is 0.0973. The van der Waals surface area contributed by atoms with Crippen LogP contribution in [0.15, 0.2) is 29.4 Å². The smallest absolute Gasteiger partial charge is 0.241 e. The van der Waals surface area contributed by atoms with Gasteiger partial charge in [0.2, 0.25) is 10.0 Å². The summed E-state index contributed by atoms with van der Waals surface area (Å²) in [6, 6.07) is 2.33. The van der Waals surface area contributed by atoms with E-state index in [0.29, 0.717) is 0 Å². The molecule has 0 fully saturated rings. The van der Waals surface area contributed by atoms with Crippen molar-refractivity contribution in [2.45, 2.75) is 24.8 Å². The summed E-state index contributed by atoms with van der Waals surface area (Å²) < 4.78 is 26.9. The van der Waals surface area contributed by atoms with Gasteiger partial charge in [-0.05, 0) is 19.9 Å². The van der Waals surface area contributed by atoms with Gasteiger partial charge in [0, 0.05) is 23.3 Å². The Balaban J connectivity index is 2.22. The SMILES string of the molecule is Cc1cnc(C(C)NS(=O)(=O)c2ccnc(N)c2)s1. The standard InChI is InChI=1S/C11H14N4O2S2/c1-7-6-14-11(18-7)8(2)15-19(16,17)9-3-4-13-10(12)5-9/h3-6,8,15H,1-2H3,(H2,12,13). The maximum absolute atomic E-state index is 12.2. The number of thiazole rings is 1. The minimum Gasteiger partial charge on any atom is -0.384 e. The quantitative estimate of drug-likeness (QED) is 0.890. The molecule has 3 N–H and O–H groups in total. The molecular weight excluding hydrogens is 284 g/mol. The van der Waals surface area contributed by atoms with Gasteiger partial charge < -0.3 is 5.73 Å². The lowest BCUT2D eigenvalue weighted by molar-refractivity contribution is 0.566. The number of nitrogens with two attached hydrogens (primary N) is 1. The number of nitrogen functional groups attached to an aromatic ring is 1. The molecule has 6 nitrogen and oxygen atoms in total. The van der Waals surface area contributed by atoms with Gasteiger partial charge >= 0.3 is 0 Å². The van der Waals surface area contributed by atoms with E-state index in [4.69, 9.17) is 5.73 Å². The van der Waals surface area contributed by atoms with Crippen LogP contribution in [0.1, 0.15) is 22.9 Å². The fourth-order valence-electron chi connectivity index (χ4n) is 1.52. The maximum Gasteiger partial charge on any atom is 0.241 e. The molecule has 19 heavy (non-hydrogen) atoms. The van der Waals surface area contributed by atoms with Crippen LogP contribution in [0.2, 0.25) is 0 Å². The Bertz CT molecular complexity index is 682. The molecule has 2 aromatic heterocycles. The van der Waals surface area contributed by atoms with E-state index in [9.17, 15) is 8.42 Å². The molecule has 0 spiro atoms. The van der Waals surface area contributed by atoms with E-state index in [1.807, 2.05) is 6.92 Å². The lowest BCUT2D eigenvalue weighted by Gasteiger charge is -2.12. The highest BCUT2D eigenvalue weighted by Crippen LogP contribution is 2.21. The van der Waals surface area contributed by atoms with E-state index >= 15 is 0 Å². The van der Waals surface area contributed by atoms with Gasteiger partial charge in [-0.25, -0.2) is 23.1 Å². The van der Waals surface area contributed by atoms with E-state index in [1.165, 1.54) is 29.7 Å². The number of aryl methyl sites for hydroxylation is 1. The summed E-state index contributed by atoms with van der Waals surface area (Å²) >= 11 is 1.46. The Labute approximate surface area is 115 Å². The van der Waals surface area contributed by atoms with Gasteiger partial charge in [-0.1, -0.05) is 0 Å². The first-order chi connectivity index (χ1) is 8.88. The highest BCUT2D eigenvalue weighted by atomic mass is 32.2. The van der Waals surface area contributed by atoms with E-state index in [-0.39, 0.29) is 10.7 Å². The predicted molar refractivity (Wildman–Crippen MR) is 74.2 cm³/mol. The molecule has 0 aliphatic heterocycles. The number of rotatable bonds is 4. The maximum atomic E-state index is 12.2. The molecule has 0 amide bonds. The fraction of sp³-hybridized carbons (Fsp3) is 0.273. The molecule has 8 heteroatoms. The first-order valence-electron chi connectivity index (χ1n) is 5.54. The molecule has 0 bridgehead atoms. The number of hydrogen-bond donors (Lipinski definition) is 2.